The molecular formula is C17H19N3O6S. The predicted molar refractivity (Wildman–Crippen MR) is 96.3 cm³/mol. The number of esters is 2. The Morgan fingerprint density at radius 2 is 1.89 bits per heavy atom. The van der Waals surface area contributed by atoms with Gasteiger partial charge in [-0.15, -0.1) is 0 Å². The number of sulfonamides is 1. The van der Waals surface area contributed by atoms with E-state index in [9.17, 15) is 18.0 Å². The van der Waals surface area contributed by atoms with Gasteiger partial charge >= 0.3 is 11.9 Å². The molecule has 144 valence electrons. The number of cyclic esters (lactones) is 2. The zero-order valence-corrected chi connectivity index (χ0v) is 15.6. The van der Waals surface area contributed by atoms with Gasteiger partial charge in [-0.2, -0.15) is 0 Å². The fourth-order valence-electron chi connectivity index (χ4n) is 2.52. The van der Waals surface area contributed by atoms with Crippen LogP contribution in [0.3, 0.4) is 0 Å². The van der Waals surface area contributed by atoms with Crippen molar-refractivity contribution in [1.82, 2.24) is 4.72 Å². The van der Waals surface area contributed by atoms with Crippen LogP contribution in [0.15, 0.2) is 45.9 Å². The van der Waals surface area contributed by atoms with Gasteiger partial charge < -0.3 is 14.8 Å². The molecule has 2 aliphatic heterocycles. The molecule has 2 heterocycles. The van der Waals surface area contributed by atoms with Gasteiger partial charge in [-0.25, -0.2) is 18.0 Å². The van der Waals surface area contributed by atoms with Crippen LogP contribution in [0.4, 0.5) is 5.69 Å². The van der Waals surface area contributed by atoms with Crippen LogP contribution in [0.2, 0.25) is 0 Å². The molecule has 0 unspecified atom stereocenters. The standard InChI is InChI=1S/C17H19N3O6S/c1-17(2)25-15(21)13(16(22)26-17)10-19-11-5-3-6-12(9-11)27(23,24)20-14-7-4-8-18-14/h3,5-6,9-10,19H,4,7-8H2,1-2H3,(H,18,20). The lowest BCUT2D eigenvalue weighted by Crippen LogP contribution is -2.42. The van der Waals surface area contributed by atoms with Gasteiger partial charge in [-0.05, 0) is 24.6 Å². The SMILES string of the molecule is CC1(C)OC(=O)C(=CNc2cccc(S(=O)(=O)NC3=NCCC3)c2)C(=O)O1. The Morgan fingerprint density at radius 3 is 2.52 bits per heavy atom. The molecule has 2 N–H and O–H groups in total. The lowest BCUT2D eigenvalue weighted by Gasteiger charge is -2.29. The molecule has 0 bridgehead atoms. The minimum atomic E-state index is -3.77. The number of nitrogens with one attached hydrogen (secondary N) is 2. The highest BCUT2D eigenvalue weighted by molar-refractivity contribution is 7.90. The zero-order valence-electron chi connectivity index (χ0n) is 14.8. The van der Waals surface area contributed by atoms with Crippen molar-refractivity contribution < 1.29 is 27.5 Å². The Bertz CT molecular complexity index is 927. The number of hydrogen-bond donors (Lipinski definition) is 2. The highest BCUT2D eigenvalue weighted by Gasteiger charge is 2.38. The summed E-state index contributed by atoms with van der Waals surface area (Å²) in [6, 6.07) is 5.93. The molecule has 27 heavy (non-hydrogen) atoms. The largest absolute Gasteiger partial charge is 0.419 e. The summed E-state index contributed by atoms with van der Waals surface area (Å²) in [4.78, 5) is 27.9. The van der Waals surface area contributed by atoms with Crippen molar-refractivity contribution in [2.75, 3.05) is 11.9 Å². The molecule has 10 heteroatoms. The Morgan fingerprint density at radius 1 is 1.19 bits per heavy atom. The van der Waals surface area contributed by atoms with Crippen LogP contribution in [0.5, 0.6) is 0 Å². The molecule has 0 atom stereocenters. The summed E-state index contributed by atoms with van der Waals surface area (Å²) in [7, 11) is -3.77. The molecule has 1 aromatic rings. The Labute approximate surface area is 156 Å². The molecular weight excluding hydrogens is 374 g/mol. The number of nitrogens with zero attached hydrogens (tertiary/aromatic N) is 1. The van der Waals surface area contributed by atoms with Gasteiger partial charge in [-0.1, -0.05) is 6.07 Å². The summed E-state index contributed by atoms with van der Waals surface area (Å²) in [5.41, 5.74) is 0.0465. The third-order valence-corrected chi connectivity index (χ3v) is 5.15. The van der Waals surface area contributed by atoms with E-state index in [2.05, 4.69) is 15.0 Å². The minimum Gasteiger partial charge on any atom is -0.419 e. The fraction of sp³-hybridized carbons (Fsp3) is 0.353. The monoisotopic (exact) mass is 393 g/mol. The lowest BCUT2D eigenvalue weighted by molar-refractivity contribution is -0.222. The van der Waals surface area contributed by atoms with E-state index >= 15 is 0 Å². The smallest absolute Gasteiger partial charge is 0.350 e. The summed E-state index contributed by atoms with van der Waals surface area (Å²) in [6.45, 7) is 3.50. The van der Waals surface area contributed by atoms with Crippen LogP contribution < -0.4 is 10.0 Å². The van der Waals surface area contributed by atoms with Crippen LogP contribution in [-0.4, -0.2) is 38.5 Å². The molecule has 0 aliphatic carbocycles. The van der Waals surface area contributed by atoms with E-state index in [1.165, 1.54) is 32.0 Å². The highest BCUT2D eigenvalue weighted by atomic mass is 32.2. The van der Waals surface area contributed by atoms with E-state index in [1.54, 1.807) is 6.07 Å². The summed E-state index contributed by atoms with van der Waals surface area (Å²) >= 11 is 0. The van der Waals surface area contributed by atoms with E-state index in [4.69, 9.17) is 9.47 Å². The average molecular weight is 393 g/mol. The van der Waals surface area contributed by atoms with Crippen molar-refractivity contribution in [1.29, 1.82) is 0 Å². The summed E-state index contributed by atoms with van der Waals surface area (Å²) in [5, 5.41) is 2.72. The van der Waals surface area contributed by atoms with Gasteiger partial charge in [-0.3, -0.25) is 9.71 Å². The molecule has 9 nitrogen and oxygen atoms in total. The first kappa shape index (κ1) is 18.9. The van der Waals surface area contributed by atoms with Crippen molar-refractivity contribution in [3.8, 4) is 0 Å². The summed E-state index contributed by atoms with van der Waals surface area (Å²) in [5.74, 6) is -2.54. The van der Waals surface area contributed by atoms with Crippen molar-refractivity contribution >= 4 is 33.5 Å². The molecule has 0 spiro atoms. The number of benzene rings is 1. The molecule has 1 fully saturated rings. The molecule has 0 aromatic heterocycles. The van der Waals surface area contributed by atoms with Crippen molar-refractivity contribution in [3.05, 3.63) is 36.0 Å². The second-order valence-electron chi connectivity index (χ2n) is 6.45. The molecule has 2 aliphatic rings. The van der Waals surface area contributed by atoms with Crippen molar-refractivity contribution in [2.24, 2.45) is 4.99 Å². The first-order valence-corrected chi connectivity index (χ1v) is 9.74. The topological polar surface area (TPSA) is 123 Å². The van der Waals surface area contributed by atoms with Gasteiger partial charge in [0, 0.05) is 38.7 Å². The number of anilines is 1. The number of amidine groups is 1. The maximum atomic E-state index is 12.4. The van der Waals surface area contributed by atoms with E-state index < -0.39 is 27.7 Å². The molecule has 1 aromatic carbocycles. The number of carbonyl (C=O) groups is 2. The Balaban J connectivity index is 1.76. The van der Waals surface area contributed by atoms with E-state index in [0.29, 0.717) is 24.5 Å². The third-order valence-electron chi connectivity index (χ3n) is 3.77. The normalized spacial score (nSPS) is 19.0. The second kappa shape index (κ2) is 7.03. The van der Waals surface area contributed by atoms with Crippen LogP contribution in [0.25, 0.3) is 0 Å². The van der Waals surface area contributed by atoms with Crippen LogP contribution in [0, 0.1) is 0 Å². The van der Waals surface area contributed by atoms with Gasteiger partial charge in [0.15, 0.2) is 5.57 Å². The molecule has 0 radical (unpaired) electrons. The number of rotatable bonds is 4. The van der Waals surface area contributed by atoms with E-state index in [1.807, 2.05) is 0 Å². The molecule has 3 rings (SSSR count). The van der Waals surface area contributed by atoms with Crippen LogP contribution >= 0.6 is 0 Å². The molecule has 0 amide bonds. The van der Waals surface area contributed by atoms with Crippen molar-refractivity contribution in [3.63, 3.8) is 0 Å². The Hall–Kier alpha value is -2.88. The minimum absolute atomic E-state index is 0.0235. The fourth-order valence-corrected chi connectivity index (χ4v) is 3.66. The van der Waals surface area contributed by atoms with Gasteiger partial charge in [0.25, 0.3) is 15.8 Å². The first-order valence-electron chi connectivity index (χ1n) is 8.26. The maximum Gasteiger partial charge on any atom is 0.350 e. The number of carbonyl (C=O) groups excluding carboxylic acids is 2. The molecule has 1 saturated heterocycles. The van der Waals surface area contributed by atoms with Crippen LogP contribution in [0.1, 0.15) is 26.7 Å². The lowest BCUT2D eigenvalue weighted by atomic mass is 10.2. The third kappa shape index (κ3) is 4.45. The second-order valence-corrected chi connectivity index (χ2v) is 8.13. The average Bonchev–Trinajstić information content (AvgIpc) is 3.05. The Kier molecular flexibility index (Phi) is 4.92. The maximum absolute atomic E-state index is 12.4. The first-order chi connectivity index (χ1) is 12.7. The van der Waals surface area contributed by atoms with E-state index in [-0.39, 0.29) is 10.5 Å². The van der Waals surface area contributed by atoms with Gasteiger partial charge in [0.1, 0.15) is 5.84 Å². The number of ether oxygens (including phenoxy) is 2. The van der Waals surface area contributed by atoms with Crippen LogP contribution in [-0.2, 0) is 29.1 Å². The molecule has 0 saturated carbocycles. The number of aliphatic imine (C=N–C) groups is 1. The van der Waals surface area contributed by atoms with E-state index in [0.717, 1.165) is 12.6 Å². The van der Waals surface area contributed by atoms with Gasteiger partial charge in [0.05, 0.1) is 4.90 Å². The summed E-state index contributed by atoms with van der Waals surface area (Å²) in [6.07, 6.45) is 2.53. The quantitative estimate of drug-likeness (QED) is 0.449. The highest BCUT2D eigenvalue weighted by Crippen LogP contribution is 2.23. The van der Waals surface area contributed by atoms with Crippen molar-refractivity contribution in [2.45, 2.75) is 37.4 Å². The summed E-state index contributed by atoms with van der Waals surface area (Å²) < 4.78 is 37.3. The predicted octanol–water partition coefficient (Wildman–Crippen LogP) is 1.29. The van der Waals surface area contributed by atoms with Gasteiger partial charge in [0.2, 0.25) is 0 Å². The number of hydrogen-bond acceptors (Lipinski definition) is 8. The zero-order chi connectivity index (χ0) is 19.7.